The fraction of sp³-hybridized carbons (Fsp3) is 0.316. The Labute approximate surface area is 172 Å². The molecule has 0 aromatic heterocycles. The molecular weight excluding hydrogens is 393 g/mol. The van der Waals surface area contributed by atoms with Crippen molar-refractivity contribution < 1.29 is 4.79 Å². The van der Waals surface area contributed by atoms with Gasteiger partial charge in [-0.25, -0.2) is 0 Å². The first-order valence-electron chi connectivity index (χ1n) is 8.24. The Balaban J connectivity index is 0.00000169. The van der Waals surface area contributed by atoms with Crippen LogP contribution in [0.4, 0.5) is 11.4 Å². The zero-order chi connectivity index (χ0) is 16.9. The lowest BCUT2D eigenvalue weighted by atomic mass is 10.0. The Hall–Kier alpha value is -1.46. The summed E-state index contributed by atoms with van der Waals surface area (Å²) in [5.41, 5.74) is 2.37. The Morgan fingerprint density at radius 1 is 1.12 bits per heavy atom. The van der Waals surface area contributed by atoms with Crippen LogP contribution in [-0.2, 0) is 0 Å². The highest BCUT2D eigenvalue weighted by atomic mass is 35.5. The molecule has 0 aliphatic carbocycles. The summed E-state index contributed by atoms with van der Waals surface area (Å²) in [4.78, 5) is 14.7. The molecule has 1 aliphatic rings. The van der Waals surface area contributed by atoms with Gasteiger partial charge in [0.05, 0.1) is 10.6 Å². The molecule has 1 fully saturated rings. The molecule has 142 valence electrons. The molecule has 1 aliphatic heterocycles. The van der Waals surface area contributed by atoms with Crippen LogP contribution < -0.4 is 15.5 Å². The molecule has 1 saturated heterocycles. The van der Waals surface area contributed by atoms with E-state index in [1.807, 2.05) is 30.3 Å². The van der Waals surface area contributed by atoms with E-state index in [4.69, 9.17) is 11.6 Å². The van der Waals surface area contributed by atoms with Crippen LogP contribution in [0.25, 0.3) is 0 Å². The molecule has 2 aromatic rings. The summed E-state index contributed by atoms with van der Waals surface area (Å²) in [5.74, 6) is -0.192. The number of hydrogen-bond acceptors (Lipinski definition) is 3. The quantitative estimate of drug-likeness (QED) is 0.764. The topological polar surface area (TPSA) is 44.4 Å². The molecule has 0 saturated carbocycles. The van der Waals surface area contributed by atoms with Gasteiger partial charge in [-0.3, -0.25) is 4.79 Å². The molecule has 1 amide bonds. The number of nitrogens with zero attached hydrogens (tertiary/aromatic N) is 1. The summed E-state index contributed by atoms with van der Waals surface area (Å²) in [5, 5.41) is 6.78. The van der Waals surface area contributed by atoms with Crippen molar-refractivity contribution in [3.05, 3.63) is 59.1 Å². The maximum absolute atomic E-state index is 12.4. The molecule has 7 heteroatoms. The van der Waals surface area contributed by atoms with Crippen LogP contribution in [-0.4, -0.2) is 32.1 Å². The van der Waals surface area contributed by atoms with Crippen molar-refractivity contribution in [3.63, 3.8) is 0 Å². The van der Waals surface area contributed by atoms with E-state index in [0.29, 0.717) is 16.6 Å². The number of hydrogen-bond donors (Lipinski definition) is 2. The lowest BCUT2D eigenvalue weighted by Gasteiger charge is -2.33. The van der Waals surface area contributed by atoms with Crippen LogP contribution in [0.5, 0.6) is 0 Å². The number of carbonyl (C=O) groups excluding carboxylic acids is 1. The van der Waals surface area contributed by atoms with Crippen molar-refractivity contribution in [2.75, 3.05) is 30.4 Å². The van der Waals surface area contributed by atoms with Crippen molar-refractivity contribution in [2.45, 2.75) is 18.9 Å². The molecule has 26 heavy (non-hydrogen) atoms. The average Bonchev–Trinajstić information content (AvgIpc) is 2.62. The van der Waals surface area contributed by atoms with Crippen LogP contribution in [0.2, 0.25) is 5.02 Å². The van der Waals surface area contributed by atoms with Gasteiger partial charge in [-0.05, 0) is 56.3 Å². The highest BCUT2D eigenvalue weighted by Crippen LogP contribution is 2.24. The average molecular weight is 417 g/mol. The zero-order valence-electron chi connectivity index (χ0n) is 14.6. The van der Waals surface area contributed by atoms with Gasteiger partial charge in [-0.1, -0.05) is 29.8 Å². The van der Waals surface area contributed by atoms with Gasteiger partial charge in [0.25, 0.3) is 5.91 Å². The highest BCUT2D eigenvalue weighted by Gasteiger charge is 2.18. The van der Waals surface area contributed by atoms with Crippen LogP contribution in [0.1, 0.15) is 23.2 Å². The van der Waals surface area contributed by atoms with Gasteiger partial charge < -0.3 is 15.5 Å². The summed E-state index contributed by atoms with van der Waals surface area (Å²) in [6, 6.07) is 15.5. The number of amides is 1. The number of piperidine rings is 1. The Bertz CT molecular complexity index is 721. The first kappa shape index (κ1) is 22.6. The van der Waals surface area contributed by atoms with E-state index in [1.165, 1.54) is 0 Å². The molecular formula is C19H24Cl3N3O. The minimum Gasteiger partial charge on any atom is -0.371 e. The Morgan fingerprint density at radius 3 is 2.50 bits per heavy atom. The van der Waals surface area contributed by atoms with Crippen LogP contribution >= 0.6 is 36.4 Å². The third kappa shape index (κ3) is 5.52. The molecule has 3 rings (SSSR count). The van der Waals surface area contributed by atoms with Crippen LogP contribution in [0, 0.1) is 0 Å². The fourth-order valence-corrected chi connectivity index (χ4v) is 3.27. The Morgan fingerprint density at radius 2 is 1.81 bits per heavy atom. The summed E-state index contributed by atoms with van der Waals surface area (Å²) in [7, 11) is 2.12. The van der Waals surface area contributed by atoms with Gasteiger partial charge in [0, 0.05) is 24.5 Å². The molecule has 0 unspecified atom stereocenters. The van der Waals surface area contributed by atoms with Crippen LogP contribution in [0.15, 0.2) is 48.5 Å². The lowest BCUT2D eigenvalue weighted by Crippen LogP contribution is -2.41. The number of halogens is 3. The van der Waals surface area contributed by atoms with E-state index in [0.717, 1.165) is 37.3 Å². The summed E-state index contributed by atoms with van der Waals surface area (Å²) in [6.45, 7) is 2.11. The van der Waals surface area contributed by atoms with Crippen molar-refractivity contribution in [2.24, 2.45) is 0 Å². The lowest BCUT2D eigenvalue weighted by molar-refractivity contribution is 0.102. The highest BCUT2D eigenvalue weighted by molar-refractivity contribution is 6.34. The number of benzene rings is 2. The molecule has 2 N–H and O–H groups in total. The summed E-state index contributed by atoms with van der Waals surface area (Å²) < 4.78 is 0. The summed E-state index contributed by atoms with van der Waals surface area (Å²) >= 11 is 6.09. The van der Waals surface area contributed by atoms with Gasteiger partial charge in [0.2, 0.25) is 0 Å². The van der Waals surface area contributed by atoms with Gasteiger partial charge in [0.15, 0.2) is 0 Å². The van der Waals surface area contributed by atoms with Crippen molar-refractivity contribution >= 4 is 53.7 Å². The molecule has 2 aromatic carbocycles. The third-order valence-corrected chi connectivity index (χ3v) is 4.82. The second-order valence-corrected chi connectivity index (χ2v) is 6.48. The van der Waals surface area contributed by atoms with E-state index in [-0.39, 0.29) is 30.7 Å². The second kappa shape index (κ2) is 10.6. The van der Waals surface area contributed by atoms with Crippen molar-refractivity contribution in [1.82, 2.24) is 5.32 Å². The minimum absolute atomic E-state index is 0. The number of rotatable bonds is 4. The predicted octanol–water partition coefficient (Wildman–Crippen LogP) is 4.62. The van der Waals surface area contributed by atoms with Gasteiger partial charge in [-0.2, -0.15) is 0 Å². The maximum Gasteiger partial charge on any atom is 0.257 e. The number of nitrogens with one attached hydrogen (secondary N) is 2. The van der Waals surface area contributed by atoms with E-state index in [9.17, 15) is 4.79 Å². The summed E-state index contributed by atoms with van der Waals surface area (Å²) in [6.07, 6.45) is 2.26. The van der Waals surface area contributed by atoms with Crippen LogP contribution in [0.3, 0.4) is 0 Å². The van der Waals surface area contributed by atoms with Crippen molar-refractivity contribution in [3.8, 4) is 0 Å². The first-order chi connectivity index (χ1) is 11.6. The SMILES string of the molecule is CN(c1cccc(NC(=O)c2ccccc2Cl)c1)C1CCNCC1.Cl.Cl. The zero-order valence-corrected chi connectivity index (χ0v) is 17.0. The van der Waals surface area contributed by atoms with Crippen molar-refractivity contribution in [1.29, 1.82) is 0 Å². The standard InChI is InChI=1S/C19H22ClN3O.2ClH/c1-23(15-9-11-21-12-10-15)16-6-4-5-14(13-16)22-19(24)17-7-2-3-8-18(17)20;;/h2-8,13,15,21H,9-12H2,1H3,(H,22,24);2*1H. The second-order valence-electron chi connectivity index (χ2n) is 6.08. The third-order valence-electron chi connectivity index (χ3n) is 4.49. The Kier molecular flexibility index (Phi) is 9.23. The van der Waals surface area contributed by atoms with Gasteiger partial charge >= 0.3 is 0 Å². The smallest absolute Gasteiger partial charge is 0.257 e. The predicted molar refractivity (Wildman–Crippen MR) is 115 cm³/mol. The first-order valence-corrected chi connectivity index (χ1v) is 8.62. The monoisotopic (exact) mass is 415 g/mol. The molecule has 1 heterocycles. The largest absolute Gasteiger partial charge is 0.371 e. The van der Waals surface area contributed by atoms with E-state index >= 15 is 0 Å². The van der Waals surface area contributed by atoms with E-state index < -0.39 is 0 Å². The normalized spacial score (nSPS) is 13.9. The maximum atomic E-state index is 12.4. The van der Waals surface area contributed by atoms with Gasteiger partial charge in [-0.15, -0.1) is 24.8 Å². The minimum atomic E-state index is -0.192. The van der Waals surface area contributed by atoms with E-state index in [1.54, 1.807) is 12.1 Å². The fourth-order valence-electron chi connectivity index (χ4n) is 3.05. The van der Waals surface area contributed by atoms with Gasteiger partial charge in [0.1, 0.15) is 0 Å². The molecule has 0 atom stereocenters. The number of carbonyl (C=O) groups is 1. The molecule has 0 bridgehead atoms. The molecule has 0 radical (unpaired) electrons. The number of anilines is 2. The van der Waals surface area contributed by atoms with E-state index in [2.05, 4.69) is 28.6 Å². The molecule has 0 spiro atoms. The molecule has 4 nitrogen and oxygen atoms in total.